The molecule has 0 aliphatic heterocycles. The lowest BCUT2D eigenvalue weighted by molar-refractivity contribution is 0.0518. The number of benzene rings is 3. The summed E-state index contributed by atoms with van der Waals surface area (Å²) >= 11 is 0. The molecule has 0 saturated carbocycles. The van der Waals surface area contributed by atoms with Crippen molar-refractivity contribution in [3.8, 4) is 16.9 Å². The third-order valence-corrected chi connectivity index (χ3v) is 7.05. The van der Waals surface area contributed by atoms with Gasteiger partial charge in [0, 0.05) is 11.1 Å². The van der Waals surface area contributed by atoms with Gasteiger partial charge in [0.05, 0.1) is 24.0 Å². The summed E-state index contributed by atoms with van der Waals surface area (Å²) < 4.78 is 6.92. The average Bonchev–Trinajstić information content (AvgIpc) is 3.36. The highest BCUT2D eigenvalue weighted by Gasteiger charge is 2.22. The van der Waals surface area contributed by atoms with E-state index in [0.29, 0.717) is 5.56 Å². The molecule has 1 heterocycles. The molecular weight excluding hydrogens is 462 g/mol. The Balaban J connectivity index is 1.43. The minimum Gasteiger partial charge on any atom is -0.461 e. The van der Waals surface area contributed by atoms with Gasteiger partial charge in [0.2, 0.25) is 0 Å². The van der Waals surface area contributed by atoms with Gasteiger partial charge in [0.15, 0.2) is 5.69 Å². The van der Waals surface area contributed by atoms with Crippen LogP contribution in [-0.4, -0.2) is 28.3 Å². The number of fused-ring (bicyclic) bond motifs is 1. The van der Waals surface area contributed by atoms with Gasteiger partial charge in [0.1, 0.15) is 0 Å². The molecular formula is C31H31N3O3. The van der Waals surface area contributed by atoms with Crippen molar-refractivity contribution in [2.75, 3.05) is 6.61 Å². The maximum absolute atomic E-state index is 13.1. The first kappa shape index (κ1) is 24.5. The number of amides is 1. The lowest BCUT2D eigenvalue weighted by Gasteiger charge is -2.26. The van der Waals surface area contributed by atoms with Crippen LogP contribution in [0.15, 0.2) is 72.8 Å². The second-order valence-corrected chi connectivity index (χ2v) is 9.51. The van der Waals surface area contributed by atoms with Crippen molar-refractivity contribution in [3.05, 3.63) is 106 Å². The van der Waals surface area contributed by atoms with E-state index >= 15 is 0 Å². The molecule has 6 heteroatoms. The lowest BCUT2D eigenvalue weighted by atomic mass is 9.87. The summed E-state index contributed by atoms with van der Waals surface area (Å²) in [5.41, 5.74) is 8.17. The van der Waals surface area contributed by atoms with Crippen LogP contribution in [0.25, 0.3) is 16.9 Å². The zero-order valence-corrected chi connectivity index (χ0v) is 21.5. The summed E-state index contributed by atoms with van der Waals surface area (Å²) in [7, 11) is 0. The van der Waals surface area contributed by atoms with Gasteiger partial charge < -0.3 is 10.1 Å². The number of hydrogen-bond acceptors (Lipinski definition) is 4. The maximum atomic E-state index is 13.1. The molecule has 3 aromatic carbocycles. The van der Waals surface area contributed by atoms with Crippen LogP contribution in [0.2, 0.25) is 0 Å². The fraction of sp³-hybridized carbons (Fsp3) is 0.258. The average molecular weight is 494 g/mol. The summed E-state index contributed by atoms with van der Waals surface area (Å²) in [6.45, 7) is 6.18. The summed E-state index contributed by atoms with van der Waals surface area (Å²) in [5.74, 6) is -0.564. The van der Waals surface area contributed by atoms with E-state index in [4.69, 9.17) is 4.74 Å². The second-order valence-electron chi connectivity index (χ2n) is 9.51. The number of carbonyl (C=O) groups is 2. The fourth-order valence-corrected chi connectivity index (χ4v) is 4.89. The molecule has 1 atom stereocenters. The first-order valence-electron chi connectivity index (χ1n) is 12.8. The molecule has 1 N–H and O–H groups in total. The predicted octanol–water partition coefficient (Wildman–Crippen LogP) is 6.14. The molecule has 0 unspecified atom stereocenters. The number of ether oxygens (including phenoxy) is 1. The Labute approximate surface area is 217 Å². The van der Waals surface area contributed by atoms with Crippen LogP contribution in [0.4, 0.5) is 0 Å². The fourth-order valence-electron chi connectivity index (χ4n) is 4.89. The smallest absolute Gasteiger partial charge is 0.358 e. The number of carbonyl (C=O) groups excluding carboxylic acids is 2. The zero-order chi connectivity index (χ0) is 25.9. The molecule has 0 radical (unpaired) electrons. The Hall–Kier alpha value is -4.19. The van der Waals surface area contributed by atoms with Crippen molar-refractivity contribution in [1.82, 2.24) is 15.1 Å². The summed E-state index contributed by atoms with van der Waals surface area (Å²) in [6, 6.07) is 23.6. The minimum absolute atomic E-state index is 0.0201. The summed E-state index contributed by atoms with van der Waals surface area (Å²) in [4.78, 5) is 25.6. The number of nitrogens with one attached hydrogen (secondary N) is 1. The summed E-state index contributed by atoms with van der Waals surface area (Å²) in [5, 5.41) is 7.77. The second kappa shape index (κ2) is 10.4. The van der Waals surface area contributed by atoms with Crippen LogP contribution < -0.4 is 5.32 Å². The first-order valence-corrected chi connectivity index (χ1v) is 12.8. The van der Waals surface area contributed by atoms with Crippen LogP contribution >= 0.6 is 0 Å². The van der Waals surface area contributed by atoms with Gasteiger partial charge in [-0.1, -0.05) is 36.4 Å². The number of esters is 1. The van der Waals surface area contributed by atoms with E-state index in [2.05, 4.69) is 54.6 Å². The number of nitrogens with zero attached hydrogens (tertiary/aromatic N) is 2. The molecule has 1 aliphatic carbocycles. The highest BCUT2D eigenvalue weighted by atomic mass is 16.5. The van der Waals surface area contributed by atoms with Gasteiger partial charge in [-0.15, -0.1) is 0 Å². The molecule has 188 valence electrons. The van der Waals surface area contributed by atoms with Crippen molar-refractivity contribution in [3.63, 3.8) is 0 Å². The van der Waals surface area contributed by atoms with Gasteiger partial charge in [-0.25, -0.2) is 9.48 Å². The first-order chi connectivity index (χ1) is 17.9. The summed E-state index contributed by atoms with van der Waals surface area (Å²) in [6.07, 6.45) is 3.05. The van der Waals surface area contributed by atoms with Crippen LogP contribution in [0, 0.1) is 13.8 Å². The highest BCUT2D eigenvalue weighted by Crippen LogP contribution is 2.30. The molecule has 37 heavy (non-hydrogen) atoms. The Morgan fingerprint density at radius 1 is 1.00 bits per heavy atom. The molecule has 1 amide bonds. The molecule has 1 aromatic heterocycles. The van der Waals surface area contributed by atoms with E-state index in [1.807, 2.05) is 24.3 Å². The van der Waals surface area contributed by atoms with Crippen LogP contribution in [0.3, 0.4) is 0 Å². The van der Waals surface area contributed by atoms with Gasteiger partial charge >= 0.3 is 5.97 Å². The van der Waals surface area contributed by atoms with Gasteiger partial charge in [-0.2, -0.15) is 5.10 Å². The standard InChI is InChI=1S/C31H31N3O3/c1-4-37-31(36)28-19-29(24-13-12-20(2)21(3)18-24)34(33-28)25-16-14-23(15-17-25)30(35)32-27-11-7-9-22-8-5-6-10-26(22)27/h5-6,8,10,12-19,27H,4,7,9,11H2,1-3H3,(H,32,35)/t27-/m0/s1. The SMILES string of the molecule is CCOC(=O)c1cc(-c2ccc(C)c(C)c2)n(-c2ccc(C(=O)N[C@H]3CCCc4ccccc43)cc2)n1. The van der Waals surface area contributed by atoms with Crippen LogP contribution in [0.5, 0.6) is 0 Å². The van der Waals surface area contributed by atoms with Crippen molar-refractivity contribution >= 4 is 11.9 Å². The number of aryl methyl sites for hydroxylation is 3. The normalized spacial score (nSPS) is 14.6. The minimum atomic E-state index is -0.463. The van der Waals surface area contributed by atoms with Crippen LogP contribution in [0.1, 0.15) is 68.9 Å². The van der Waals surface area contributed by atoms with Crippen molar-refractivity contribution in [2.24, 2.45) is 0 Å². The molecule has 5 rings (SSSR count). The molecule has 0 spiro atoms. The van der Waals surface area contributed by atoms with Crippen molar-refractivity contribution in [1.29, 1.82) is 0 Å². The molecule has 1 aliphatic rings. The molecule has 4 aromatic rings. The molecule has 6 nitrogen and oxygen atoms in total. The third kappa shape index (κ3) is 5.05. The lowest BCUT2D eigenvalue weighted by Crippen LogP contribution is -2.30. The van der Waals surface area contributed by atoms with E-state index < -0.39 is 5.97 Å². The maximum Gasteiger partial charge on any atom is 0.358 e. The van der Waals surface area contributed by atoms with Crippen molar-refractivity contribution in [2.45, 2.75) is 46.1 Å². The van der Waals surface area contributed by atoms with E-state index in [0.717, 1.165) is 41.8 Å². The molecule has 0 saturated heterocycles. The monoisotopic (exact) mass is 493 g/mol. The Bertz CT molecular complexity index is 1450. The van der Waals surface area contributed by atoms with E-state index in [1.165, 1.54) is 16.7 Å². The Morgan fingerprint density at radius 2 is 1.78 bits per heavy atom. The Morgan fingerprint density at radius 3 is 2.54 bits per heavy atom. The zero-order valence-electron chi connectivity index (χ0n) is 21.5. The number of rotatable bonds is 6. The van der Waals surface area contributed by atoms with E-state index in [9.17, 15) is 9.59 Å². The third-order valence-electron chi connectivity index (χ3n) is 7.05. The van der Waals surface area contributed by atoms with Crippen LogP contribution in [-0.2, 0) is 11.2 Å². The van der Waals surface area contributed by atoms with E-state index in [-0.39, 0.29) is 24.2 Å². The van der Waals surface area contributed by atoms with Crippen molar-refractivity contribution < 1.29 is 14.3 Å². The van der Waals surface area contributed by atoms with Gasteiger partial charge in [-0.3, -0.25) is 4.79 Å². The Kier molecular flexibility index (Phi) is 6.91. The number of aromatic nitrogens is 2. The molecule has 0 bridgehead atoms. The molecule has 0 fully saturated rings. The highest BCUT2D eigenvalue weighted by molar-refractivity contribution is 5.94. The predicted molar refractivity (Wildman–Crippen MR) is 144 cm³/mol. The topological polar surface area (TPSA) is 73.2 Å². The van der Waals surface area contributed by atoms with Gasteiger partial charge in [0.25, 0.3) is 5.91 Å². The quantitative estimate of drug-likeness (QED) is 0.328. The van der Waals surface area contributed by atoms with E-state index in [1.54, 1.807) is 29.8 Å². The largest absolute Gasteiger partial charge is 0.461 e. The number of hydrogen-bond donors (Lipinski definition) is 1. The van der Waals surface area contributed by atoms with Gasteiger partial charge in [-0.05, 0) is 98.7 Å².